The van der Waals surface area contributed by atoms with Gasteiger partial charge in [0.25, 0.3) is 0 Å². The molecule has 0 nitrogen and oxygen atoms in total. The van der Waals surface area contributed by atoms with Crippen molar-refractivity contribution in [2.45, 2.75) is 26.7 Å². The molecule has 0 aliphatic rings. The first-order chi connectivity index (χ1) is 5.33. The summed E-state index contributed by atoms with van der Waals surface area (Å²) in [5.41, 5.74) is 1.48. The van der Waals surface area contributed by atoms with Crippen LogP contribution in [-0.2, 0) is 6.42 Å². The molecule has 0 aliphatic carbocycles. The molecule has 11 heavy (non-hydrogen) atoms. The van der Waals surface area contributed by atoms with E-state index in [1.807, 2.05) is 11.3 Å². The van der Waals surface area contributed by atoms with Crippen LogP contribution < -0.4 is 0 Å². The minimum atomic E-state index is 1.20. The standard InChI is InChI=1S/C10H14S/c1-3-9(2)6-7-10-5-4-8-11-10/h3-5,8H,6-7H2,1-2H3/b9-3-. The zero-order valence-corrected chi connectivity index (χ0v) is 7.95. The Hall–Kier alpha value is -0.560. The SMILES string of the molecule is C/C=C(/C)CCc1cccs1. The third-order valence-corrected chi connectivity index (χ3v) is 2.77. The second-order valence-corrected chi connectivity index (χ2v) is 3.75. The van der Waals surface area contributed by atoms with Crippen LogP contribution in [0.2, 0.25) is 0 Å². The lowest BCUT2D eigenvalue weighted by molar-refractivity contribution is 0.956. The van der Waals surface area contributed by atoms with Gasteiger partial charge >= 0.3 is 0 Å². The number of hydrogen-bond acceptors (Lipinski definition) is 1. The van der Waals surface area contributed by atoms with E-state index in [0.717, 1.165) is 0 Å². The van der Waals surface area contributed by atoms with E-state index in [-0.39, 0.29) is 0 Å². The molecular formula is C10H14S. The maximum absolute atomic E-state index is 2.20. The number of allylic oxidation sites excluding steroid dienone is 2. The molecule has 0 bridgehead atoms. The molecule has 0 aromatic carbocycles. The third kappa shape index (κ3) is 2.89. The summed E-state index contributed by atoms with van der Waals surface area (Å²) in [5, 5.41) is 2.14. The van der Waals surface area contributed by atoms with Gasteiger partial charge in [-0.3, -0.25) is 0 Å². The largest absolute Gasteiger partial charge is 0.149 e. The lowest BCUT2D eigenvalue weighted by atomic mass is 10.1. The fraction of sp³-hybridized carbons (Fsp3) is 0.400. The van der Waals surface area contributed by atoms with Crippen LogP contribution >= 0.6 is 11.3 Å². The van der Waals surface area contributed by atoms with Crippen molar-refractivity contribution in [2.75, 3.05) is 0 Å². The minimum Gasteiger partial charge on any atom is -0.149 e. The Morgan fingerprint density at radius 3 is 3.00 bits per heavy atom. The van der Waals surface area contributed by atoms with Crippen LogP contribution in [0.25, 0.3) is 0 Å². The highest BCUT2D eigenvalue weighted by Gasteiger charge is 1.93. The topological polar surface area (TPSA) is 0 Å². The smallest absolute Gasteiger partial charge is 0.00483 e. The molecule has 1 aromatic heterocycles. The van der Waals surface area contributed by atoms with E-state index in [4.69, 9.17) is 0 Å². The second kappa shape index (κ2) is 4.35. The van der Waals surface area contributed by atoms with Gasteiger partial charge in [0.1, 0.15) is 0 Å². The zero-order chi connectivity index (χ0) is 8.10. The van der Waals surface area contributed by atoms with Crippen LogP contribution in [0, 0.1) is 0 Å². The van der Waals surface area contributed by atoms with Gasteiger partial charge in [0, 0.05) is 4.88 Å². The van der Waals surface area contributed by atoms with E-state index in [1.165, 1.54) is 23.3 Å². The molecule has 1 rings (SSSR count). The Morgan fingerprint density at radius 1 is 1.64 bits per heavy atom. The molecule has 0 amide bonds. The van der Waals surface area contributed by atoms with Gasteiger partial charge in [0.05, 0.1) is 0 Å². The van der Waals surface area contributed by atoms with E-state index in [0.29, 0.717) is 0 Å². The van der Waals surface area contributed by atoms with Crippen molar-refractivity contribution in [1.29, 1.82) is 0 Å². The summed E-state index contributed by atoms with van der Waals surface area (Å²) in [5.74, 6) is 0. The highest BCUT2D eigenvalue weighted by Crippen LogP contribution is 2.13. The van der Waals surface area contributed by atoms with Crippen LogP contribution in [0.15, 0.2) is 29.2 Å². The monoisotopic (exact) mass is 166 g/mol. The predicted molar refractivity (Wildman–Crippen MR) is 52.1 cm³/mol. The molecule has 0 saturated carbocycles. The molecule has 0 atom stereocenters. The summed E-state index contributed by atoms with van der Waals surface area (Å²) >= 11 is 1.85. The van der Waals surface area contributed by atoms with E-state index in [9.17, 15) is 0 Å². The van der Waals surface area contributed by atoms with Crippen LogP contribution in [-0.4, -0.2) is 0 Å². The second-order valence-electron chi connectivity index (χ2n) is 2.71. The Balaban J connectivity index is 2.35. The number of thiophene rings is 1. The van der Waals surface area contributed by atoms with E-state index < -0.39 is 0 Å². The Morgan fingerprint density at radius 2 is 2.45 bits per heavy atom. The average molecular weight is 166 g/mol. The average Bonchev–Trinajstić information content (AvgIpc) is 2.52. The third-order valence-electron chi connectivity index (χ3n) is 1.84. The zero-order valence-electron chi connectivity index (χ0n) is 7.13. The molecule has 1 aromatic rings. The van der Waals surface area contributed by atoms with Crippen molar-refractivity contribution < 1.29 is 0 Å². The van der Waals surface area contributed by atoms with Crippen molar-refractivity contribution in [3.8, 4) is 0 Å². The Labute approximate surface area is 72.6 Å². The molecule has 0 spiro atoms. The maximum atomic E-state index is 2.20. The Kier molecular flexibility index (Phi) is 3.37. The van der Waals surface area contributed by atoms with Crippen LogP contribution in [0.3, 0.4) is 0 Å². The quantitative estimate of drug-likeness (QED) is 0.601. The maximum Gasteiger partial charge on any atom is 0.00483 e. The molecule has 0 aliphatic heterocycles. The summed E-state index contributed by atoms with van der Waals surface area (Å²) in [6, 6.07) is 4.32. The molecule has 1 heteroatoms. The summed E-state index contributed by atoms with van der Waals surface area (Å²) in [6.07, 6.45) is 4.60. The number of aryl methyl sites for hydroxylation is 1. The van der Waals surface area contributed by atoms with E-state index in [1.54, 1.807) is 0 Å². The fourth-order valence-electron chi connectivity index (χ4n) is 0.920. The molecule has 60 valence electrons. The molecule has 0 N–H and O–H groups in total. The molecule has 0 radical (unpaired) electrons. The summed E-state index contributed by atoms with van der Waals surface area (Å²) in [7, 11) is 0. The van der Waals surface area contributed by atoms with Gasteiger partial charge in [-0.05, 0) is 38.1 Å². The van der Waals surface area contributed by atoms with Gasteiger partial charge < -0.3 is 0 Å². The molecule has 0 fully saturated rings. The highest BCUT2D eigenvalue weighted by molar-refractivity contribution is 7.09. The van der Waals surface area contributed by atoms with E-state index >= 15 is 0 Å². The van der Waals surface area contributed by atoms with E-state index in [2.05, 4.69) is 37.4 Å². The minimum absolute atomic E-state index is 1.20. The molecule has 1 heterocycles. The van der Waals surface area contributed by atoms with Crippen molar-refractivity contribution in [3.63, 3.8) is 0 Å². The van der Waals surface area contributed by atoms with Crippen LogP contribution in [0.5, 0.6) is 0 Å². The van der Waals surface area contributed by atoms with Crippen molar-refractivity contribution >= 4 is 11.3 Å². The van der Waals surface area contributed by atoms with Crippen molar-refractivity contribution in [3.05, 3.63) is 34.0 Å². The lowest BCUT2D eigenvalue weighted by Gasteiger charge is -1.96. The number of hydrogen-bond donors (Lipinski definition) is 0. The van der Waals surface area contributed by atoms with Crippen LogP contribution in [0.4, 0.5) is 0 Å². The van der Waals surface area contributed by atoms with Gasteiger partial charge in [-0.25, -0.2) is 0 Å². The summed E-state index contributed by atoms with van der Waals surface area (Å²) in [4.78, 5) is 1.49. The lowest BCUT2D eigenvalue weighted by Crippen LogP contribution is -1.81. The normalized spacial score (nSPS) is 12.0. The first kappa shape index (κ1) is 8.54. The van der Waals surface area contributed by atoms with Crippen LogP contribution in [0.1, 0.15) is 25.1 Å². The van der Waals surface area contributed by atoms with Gasteiger partial charge in [0.2, 0.25) is 0 Å². The first-order valence-corrected chi connectivity index (χ1v) is 4.85. The predicted octanol–water partition coefficient (Wildman–Crippen LogP) is 3.65. The van der Waals surface area contributed by atoms with Crippen molar-refractivity contribution in [2.24, 2.45) is 0 Å². The van der Waals surface area contributed by atoms with Gasteiger partial charge in [-0.15, -0.1) is 11.3 Å². The van der Waals surface area contributed by atoms with Gasteiger partial charge in [-0.1, -0.05) is 17.7 Å². The summed E-state index contributed by atoms with van der Waals surface area (Å²) < 4.78 is 0. The molecule has 0 unspecified atom stereocenters. The fourth-order valence-corrected chi connectivity index (χ4v) is 1.63. The molecular weight excluding hydrogens is 152 g/mol. The first-order valence-electron chi connectivity index (χ1n) is 3.97. The van der Waals surface area contributed by atoms with Gasteiger partial charge in [-0.2, -0.15) is 0 Å². The number of rotatable bonds is 3. The highest BCUT2D eigenvalue weighted by atomic mass is 32.1. The summed E-state index contributed by atoms with van der Waals surface area (Å²) in [6.45, 7) is 4.29. The molecule has 0 saturated heterocycles. The Bertz CT molecular complexity index is 219. The van der Waals surface area contributed by atoms with Gasteiger partial charge in [0.15, 0.2) is 0 Å². The van der Waals surface area contributed by atoms with Crippen molar-refractivity contribution in [1.82, 2.24) is 0 Å².